The molecule has 0 bridgehead atoms. The molecule has 0 spiro atoms. The van der Waals surface area contributed by atoms with Crippen LogP contribution in [0, 0.1) is 5.92 Å². The average molecular weight is 236 g/mol. The molecule has 16 heavy (non-hydrogen) atoms. The Labute approximate surface area is 102 Å². The van der Waals surface area contributed by atoms with Gasteiger partial charge in [0.15, 0.2) is 0 Å². The number of aryl methyl sites for hydroxylation is 1. The van der Waals surface area contributed by atoms with Crippen LogP contribution in [0.25, 0.3) is 0 Å². The Kier molecular flexibility index (Phi) is 2.89. The van der Waals surface area contributed by atoms with Gasteiger partial charge in [-0.3, -0.25) is 4.98 Å². The lowest BCUT2D eigenvalue weighted by molar-refractivity contribution is 0.306. The predicted octanol–water partition coefficient (Wildman–Crippen LogP) is 3.91. The van der Waals surface area contributed by atoms with Gasteiger partial charge in [-0.05, 0) is 43.2 Å². The molecule has 2 aliphatic rings. The topological polar surface area (TPSA) is 12.9 Å². The molecule has 1 aromatic heterocycles. The van der Waals surface area contributed by atoms with Crippen LogP contribution in [0.5, 0.6) is 0 Å². The zero-order valence-electron chi connectivity index (χ0n) is 9.53. The predicted molar refractivity (Wildman–Crippen MR) is 66.9 cm³/mol. The lowest BCUT2D eigenvalue weighted by atomic mass is 9.78. The van der Waals surface area contributed by atoms with E-state index in [1.54, 1.807) is 0 Å². The minimum absolute atomic E-state index is 0.381. The summed E-state index contributed by atoms with van der Waals surface area (Å²) in [7, 11) is 0. The van der Waals surface area contributed by atoms with Crippen LogP contribution in [-0.2, 0) is 6.42 Å². The normalized spacial score (nSPS) is 33.7. The number of rotatable bonds is 1. The molecule has 1 aromatic rings. The van der Waals surface area contributed by atoms with E-state index in [0.717, 1.165) is 0 Å². The Balaban J connectivity index is 1.86. The minimum Gasteiger partial charge on any atom is -0.261 e. The SMILES string of the molecule is ClC1CCCCC1C1CCc2cccnc21. The second-order valence-corrected chi connectivity index (χ2v) is 5.72. The van der Waals surface area contributed by atoms with Gasteiger partial charge in [0.1, 0.15) is 0 Å². The summed E-state index contributed by atoms with van der Waals surface area (Å²) in [5.74, 6) is 1.31. The maximum absolute atomic E-state index is 6.50. The van der Waals surface area contributed by atoms with E-state index in [1.807, 2.05) is 6.20 Å². The van der Waals surface area contributed by atoms with Crippen LogP contribution in [0.2, 0.25) is 0 Å². The van der Waals surface area contributed by atoms with Crippen LogP contribution >= 0.6 is 11.6 Å². The monoisotopic (exact) mass is 235 g/mol. The largest absolute Gasteiger partial charge is 0.261 e. The van der Waals surface area contributed by atoms with E-state index in [4.69, 9.17) is 11.6 Å². The number of aromatic nitrogens is 1. The number of halogens is 1. The molecule has 3 unspecified atom stereocenters. The van der Waals surface area contributed by atoms with Crippen molar-refractivity contribution in [3.05, 3.63) is 29.6 Å². The lowest BCUT2D eigenvalue weighted by Gasteiger charge is -2.31. The molecule has 0 aromatic carbocycles. The Hall–Kier alpha value is -0.560. The number of hydrogen-bond donors (Lipinski definition) is 0. The third-order valence-corrected chi connectivity index (χ3v) is 4.79. The van der Waals surface area contributed by atoms with Gasteiger partial charge in [0, 0.05) is 23.2 Å². The number of fused-ring (bicyclic) bond motifs is 1. The third-order valence-electron chi connectivity index (χ3n) is 4.25. The van der Waals surface area contributed by atoms with Crippen LogP contribution in [0.15, 0.2) is 18.3 Å². The summed E-state index contributed by atoms with van der Waals surface area (Å²) < 4.78 is 0. The molecule has 0 aliphatic heterocycles. The highest BCUT2D eigenvalue weighted by Gasteiger charge is 2.35. The molecule has 86 valence electrons. The number of nitrogens with zero attached hydrogens (tertiary/aromatic N) is 1. The van der Waals surface area contributed by atoms with Gasteiger partial charge < -0.3 is 0 Å². The van der Waals surface area contributed by atoms with Gasteiger partial charge in [0.05, 0.1) is 0 Å². The molecular weight excluding hydrogens is 218 g/mol. The van der Waals surface area contributed by atoms with Gasteiger partial charge >= 0.3 is 0 Å². The summed E-state index contributed by atoms with van der Waals surface area (Å²) in [6, 6.07) is 4.29. The molecule has 1 fully saturated rings. The van der Waals surface area contributed by atoms with Crippen molar-refractivity contribution in [3.8, 4) is 0 Å². The van der Waals surface area contributed by atoms with E-state index in [-0.39, 0.29) is 0 Å². The van der Waals surface area contributed by atoms with Crippen molar-refractivity contribution in [3.63, 3.8) is 0 Å². The highest BCUT2D eigenvalue weighted by Crippen LogP contribution is 2.44. The second-order valence-electron chi connectivity index (χ2n) is 5.16. The van der Waals surface area contributed by atoms with Gasteiger partial charge in [-0.1, -0.05) is 18.9 Å². The first-order chi connectivity index (χ1) is 7.86. The Bertz CT molecular complexity index is 377. The Morgan fingerprint density at radius 1 is 1.19 bits per heavy atom. The summed E-state index contributed by atoms with van der Waals surface area (Å²) in [5.41, 5.74) is 2.81. The van der Waals surface area contributed by atoms with Crippen molar-refractivity contribution in [2.75, 3.05) is 0 Å². The van der Waals surface area contributed by atoms with Gasteiger partial charge in [-0.25, -0.2) is 0 Å². The summed E-state index contributed by atoms with van der Waals surface area (Å²) >= 11 is 6.50. The highest BCUT2D eigenvalue weighted by atomic mass is 35.5. The van der Waals surface area contributed by atoms with Crippen molar-refractivity contribution in [2.45, 2.75) is 49.8 Å². The zero-order valence-corrected chi connectivity index (χ0v) is 10.3. The van der Waals surface area contributed by atoms with E-state index in [2.05, 4.69) is 17.1 Å². The molecule has 0 N–H and O–H groups in total. The van der Waals surface area contributed by atoms with E-state index >= 15 is 0 Å². The standard InChI is InChI=1S/C14H18ClN/c15-13-6-2-1-5-11(13)12-8-7-10-4-3-9-16-14(10)12/h3-4,9,11-13H,1-2,5-8H2. The molecule has 3 atom stereocenters. The van der Waals surface area contributed by atoms with Crippen LogP contribution in [0.4, 0.5) is 0 Å². The van der Waals surface area contributed by atoms with Crippen LogP contribution in [0.1, 0.15) is 49.3 Å². The van der Waals surface area contributed by atoms with E-state index in [9.17, 15) is 0 Å². The summed E-state index contributed by atoms with van der Waals surface area (Å²) in [6.07, 6.45) is 9.57. The van der Waals surface area contributed by atoms with E-state index in [0.29, 0.717) is 17.2 Å². The molecule has 1 saturated carbocycles. The van der Waals surface area contributed by atoms with Gasteiger partial charge in [-0.15, -0.1) is 11.6 Å². The molecule has 1 heterocycles. The van der Waals surface area contributed by atoms with Crippen molar-refractivity contribution in [1.82, 2.24) is 4.98 Å². The number of pyridine rings is 1. The Morgan fingerprint density at radius 2 is 2.06 bits per heavy atom. The van der Waals surface area contributed by atoms with E-state index < -0.39 is 0 Å². The second kappa shape index (κ2) is 4.37. The van der Waals surface area contributed by atoms with Crippen molar-refractivity contribution >= 4 is 11.6 Å². The quantitative estimate of drug-likeness (QED) is 0.673. The van der Waals surface area contributed by atoms with Crippen LogP contribution in [0.3, 0.4) is 0 Å². The van der Waals surface area contributed by atoms with Gasteiger partial charge in [0.25, 0.3) is 0 Å². The molecule has 1 nitrogen and oxygen atoms in total. The highest BCUT2D eigenvalue weighted by molar-refractivity contribution is 6.20. The number of alkyl halides is 1. The smallest absolute Gasteiger partial charge is 0.0469 e. The van der Waals surface area contributed by atoms with Gasteiger partial charge in [0.2, 0.25) is 0 Å². The maximum atomic E-state index is 6.50. The summed E-state index contributed by atoms with van der Waals surface area (Å²) in [6.45, 7) is 0. The molecule has 2 aliphatic carbocycles. The van der Waals surface area contributed by atoms with E-state index in [1.165, 1.54) is 49.8 Å². The van der Waals surface area contributed by atoms with Gasteiger partial charge in [-0.2, -0.15) is 0 Å². The molecule has 3 rings (SSSR count). The summed E-state index contributed by atoms with van der Waals surface area (Å²) in [4.78, 5) is 4.59. The average Bonchev–Trinajstić information content (AvgIpc) is 2.74. The zero-order chi connectivity index (χ0) is 11.0. The molecule has 0 saturated heterocycles. The van der Waals surface area contributed by atoms with Crippen molar-refractivity contribution in [1.29, 1.82) is 0 Å². The molecule has 0 radical (unpaired) electrons. The molecule has 0 amide bonds. The first-order valence-electron chi connectivity index (χ1n) is 6.44. The third kappa shape index (κ3) is 1.75. The van der Waals surface area contributed by atoms with Crippen LogP contribution < -0.4 is 0 Å². The first kappa shape index (κ1) is 10.6. The fourth-order valence-corrected chi connectivity index (χ4v) is 3.88. The summed E-state index contributed by atoms with van der Waals surface area (Å²) in [5, 5.41) is 0.381. The molecular formula is C14H18ClN. The van der Waals surface area contributed by atoms with Crippen molar-refractivity contribution < 1.29 is 0 Å². The Morgan fingerprint density at radius 3 is 2.94 bits per heavy atom. The first-order valence-corrected chi connectivity index (χ1v) is 6.88. The lowest BCUT2D eigenvalue weighted by Crippen LogP contribution is -2.25. The fourth-order valence-electron chi connectivity index (χ4n) is 3.43. The molecule has 2 heteroatoms. The number of hydrogen-bond acceptors (Lipinski definition) is 1. The minimum atomic E-state index is 0.381. The van der Waals surface area contributed by atoms with Crippen LogP contribution in [-0.4, -0.2) is 10.4 Å². The fraction of sp³-hybridized carbons (Fsp3) is 0.643. The van der Waals surface area contributed by atoms with Crippen molar-refractivity contribution in [2.24, 2.45) is 5.92 Å². The maximum Gasteiger partial charge on any atom is 0.0469 e.